The Bertz CT molecular complexity index is 516. The van der Waals surface area contributed by atoms with E-state index in [4.69, 9.17) is 4.74 Å². The maximum Gasteiger partial charge on any atom is 0.326 e. The number of ether oxygens (including phenoxy) is 1. The molecule has 7 heteroatoms. The first-order chi connectivity index (χ1) is 11.6. The van der Waals surface area contributed by atoms with Gasteiger partial charge in [-0.25, -0.2) is 9.69 Å². The number of esters is 1. The zero-order chi connectivity index (χ0) is 17.2. The van der Waals surface area contributed by atoms with Gasteiger partial charge in [-0.1, -0.05) is 19.3 Å². The summed E-state index contributed by atoms with van der Waals surface area (Å²) in [6.07, 6.45) is 6.23. The SMILES string of the molecule is CCOC(=O)[C@H]1CCCN(CN2C(=O)NC3(CCCCC3)C2=O)C1. The van der Waals surface area contributed by atoms with Crippen LogP contribution in [0.1, 0.15) is 51.9 Å². The van der Waals surface area contributed by atoms with Crippen LogP contribution in [0, 0.1) is 5.92 Å². The highest BCUT2D eigenvalue weighted by atomic mass is 16.5. The summed E-state index contributed by atoms with van der Waals surface area (Å²) in [7, 11) is 0. The molecule has 7 nitrogen and oxygen atoms in total. The summed E-state index contributed by atoms with van der Waals surface area (Å²) in [6, 6.07) is -0.292. The van der Waals surface area contributed by atoms with E-state index in [0.29, 0.717) is 13.2 Å². The molecular weight excluding hydrogens is 310 g/mol. The fourth-order valence-corrected chi connectivity index (χ4v) is 4.14. The number of carbonyl (C=O) groups is 3. The van der Waals surface area contributed by atoms with Crippen molar-refractivity contribution in [2.75, 3.05) is 26.4 Å². The van der Waals surface area contributed by atoms with Crippen molar-refractivity contribution in [1.29, 1.82) is 0 Å². The second-order valence-electron chi connectivity index (χ2n) is 7.12. The molecule has 134 valence electrons. The van der Waals surface area contributed by atoms with Crippen molar-refractivity contribution < 1.29 is 19.1 Å². The van der Waals surface area contributed by atoms with E-state index in [1.54, 1.807) is 6.92 Å². The molecule has 0 bridgehead atoms. The van der Waals surface area contributed by atoms with Gasteiger partial charge in [0, 0.05) is 6.54 Å². The molecule has 3 aliphatic rings. The number of rotatable bonds is 4. The molecule has 0 aromatic carbocycles. The Morgan fingerprint density at radius 1 is 1.25 bits per heavy atom. The van der Waals surface area contributed by atoms with Crippen molar-refractivity contribution in [1.82, 2.24) is 15.1 Å². The Balaban J connectivity index is 1.62. The second-order valence-corrected chi connectivity index (χ2v) is 7.12. The minimum absolute atomic E-state index is 0.0922. The maximum atomic E-state index is 12.8. The first-order valence-electron chi connectivity index (χ1n) is 9.09. The van der Waals surface area contributed by atoms with Crippen LogP contribution in [-0.2, 0) is 14.3 Å². The fourth-order valence-electron chi connectivity index (χ4n) is 4.14. The molecule has 1 N–H and O–H groups in total. The topological polar surface area (TPSA) is 79.0 Å². The molecule has 0 unspecified atom stereocenters. The minimum atomic E-state index is -0.675. The van der Waals surface area contributed by atoms with Gasteiger partial charge in [0.15, 0.2) is 0 Å². The molecule has 3 rings (SSSR count). The fraction of sp³-hybridized carbons (Fsp3) is 0.824. The molecule has 3 amide bonds. The largest absolute Gasteiger partial charge is 0.466 e. The minimum Gasteiger partial charge on any atom is -0.466 e. The number of amides is 3. The average Bonchev–Trinajstić information content (AvgIpc) is 2.80. The highest BCUT2D eigenvalue weighted by Crippen LogP contribution is 2.34. The molecule has 0 radical (unpaired) electrons. The Morgan fingerprint density at radius 2 is 2.00 bits per heavy atom. The number of nitrogens with zero attached hydrogens (tertiary/aromatic N) is 2. The zero-order valence-corrected chi connectivity index (χ0v) is 14.4. The molecule has 0 aromatic rings. The number of imide groups is 1. The van der Waals surface area contributed by atoms with Crippen LogP contribution >= 0.6 is 0 Å². The Kier molecular flexibility index (Phi) is 5.08. The molecule has 3 fully saturated rings. The van der Waals surface area contributed by atoms with E-state index in [9.17, 15) is 14.4 Å². The van der Waals surface area contributed by atoms with Crippen molar-refractivity contribution in [2.45, 2.75) is 57.4 Å². The number of hydrogen-bond acceptors (Lipinski definition) is 5. The summed E-state index contributed by atoms with van der Waals surface area (Å²) in [5.74, 6) is -0.434. The van der Waals surface area contributed by atoms with Crippen molar-refractivity contribution in [2.24, 2.45) is 5.92 Å². The summed E-state index contributed by atoms with van der Waals surface area (Å²) >= 11 is 0. The highest BCUT2D eigenvalue weighted by molar-refractivity contribution is 6.07. The van der Waals surface area contributed by atoms with E-state index >= 15 is 0 Å². The van der Waals surface area contributed by atoms with Gasteiger partial charge in [-0.2, -0.15) is 0 Å². The summed E-state index contributed by atoms with van der Waals surface area (Å²) in [4.78, 5) is 40.4. The van der Waals surface area contributed by atoms with E-state index in [0.717, 1.165) is 51.5 Å². The Hall–Kier alpha value is -1.63. The van der Waals surface area contributed by atoms with Crippen molar-refractivity contribution in [3.8, 4) is 0 Å². The number of piperidine rings is 1. The van der Waals surface area contributed by atoms with Gasteiger partial charge in [0.1, 0.15) is 5.54 Å². The number of urea groups is 1. The monoisotopic (exact) mass is 337 g/mol. The predicted molar refractivity (Wildman–Crippen MR) is 87.0 cm³/mol. The second kappa shape index (κ2) is 7.09. The van der Waals surface area contributed by atoms with Crippen LogP contribution in [0.25, 0.3) is 0 Å². The third-order valence-electron chi connectivity index (χ3n) is 5.42. The quantitative estimate of drug-likeness (QED) is 0.621. The van der Waals surface area contributed by atoms with Crippen molar-refractivity contribution in [3.05, 3.63) is 0 Å². The smallest absolute Gasteiger partial charge is 0.326 e. The normalized spacial score (nSPS) is 27.4. The summed E-state index contributed by atoms with van der Waals surface area (Å²) in [6.45, 7) is 3.78. The van der Waals surface area contributed by atoms with Gasteiger partial charge in [0.05, 0.1) is 19.2 Å². The molecule has 1 aliphatic carbocycles. The van der Waals surface area contributed by atoms with Gasteiger partial charge in [-0.05, 0) is 39.2 Å². The standard InChI is InChI=1S/C17H27N3O4/c1-2-24-14(21)13-7-6-10-19(11-13)12-20-15(22)17(18-16(20)23)8-4-3-5-9-17/h13H,2-12H2,1H3,(H,18,23)/t13-/m0/s1. The number of carbonyl (C=O) groups excluding carboxylic acids is 3. The Morgan fingerprint density at radius 3 is 2.71 bits per heavy atom. The van der Waals surface area contributed by atoms with E-state index in [1.807, 2.05) is 4.90 Å². The number of hydrogen-bond donors (Lipinski definition) is 1. The molecule has 24 heavy (non-hydrogen) atoms. The molecule has 1 saturated carbocycles. The summed E-state index contributed by atoms with van der Waals surface area (Å²) in [5, 5.41) is 2.93. The first-order valence-corrected chi connectivity index (χ1v) is 9.09. The van der Waals surface area contributed by atoms with E-state index < -0.39 is 5.54 Å². The lowest BCUT2D eigenvalue weighted by Crippen LogP contribution is -2.50. The molecule has 2 saturated heterocycles. The molecule has 1 atom stereocenters. The van der Waals surface area contributed by atoms with Crippen LogP contribution in [0.15, 0.2) is 0 Å². The van der Waals surface area contributed by atoms with Crippen LogP contribution in [0.3, 0.4) is 0 Å². The average molecular weight is 337 g/mol. The zero-order valence-electron chi connectivity index (χ0n) is 14.4. The van der Waals surface area contributed by atoms with Crippen LogP contribution in [0.2, 0.25) is 0 Å². The molecular formula is C17H27N3O4. The van der Waals surface area contributed by atoms with Gasteiger partial charge in [0.25, 0.3) is 5.91 Å². The van der Waals surface area contributed by atoms with E-state index in [-0.39, 0.29) is 30.5 Å². The molecule has 2 heterocycles. The van der Waals surface area contributed by atoms with Crippen LogP contribution in [0.5, 0.6) is 0 Å². The summed E-state index contributed by atoms with van der Waals surface area (Å²) < 4.78 is 5.11. The van der Waals surface area contributed by atoms with Crippen molar-refractivity contribution in [3.63, 3.8) is 0 Å². The summed E-state index contributed by atoms with van der Waals surface area (Å²) in [5.41, 5.74) is -0.675. The van der Waals surface area contributed by atoms with Gasteiger partial charge in [-0.15, -0.1) is 0 Å². The maximum absolute atomic E-state index is 12.8. The molecule has 2 aliphatic heterocycles. The van der Waals surface area contributed by atoms with Gasteiger partial charge >= 0.3 is 12.0 Å². The van der Waals surface area contributed by atoms with Gasteiger partial charge in [-0.3, -0.25) is 14.5 Å². The third-order valence-corrected chi connectivity index (χ3v) is 5.42. The van der Waals surface area contributed by atoms with Crippen LogP contribution in [-0.4, -0.2) is 59.6 Å². The predicted octanol–water partition coefficient (Wildman–Crippen LogP) is 1.47. The van der Waals surface area contributed by atoms with Crippen LogP contribution < -0.4 is 5.32 Å². The van der Waals surface area contributed by atoms with Crippen LogP contribution in [0.4, 0.5) is 4.79 Å². The molecule has 1 spiro atoms. The molecule has 0 aromatic heterocycles. The first kappa shape index (κ1) is 17.2. The lowest BCUT2D eigenvalue weighted by Gasteiger charge is -2.34. The third kappa shape index (κ3) is 3.27. The van der Waals surface area contributed by atoms with Crippen molar-refractivity contribution >= 4 is 17.9 Å². The van der Waals surface area contributed by atoms with Gasteiger partial charge in [0.2, 0.25) is 0 Å². The number of nitrogens with one attached hydrogen (secondary N) is 1. The number of likely N-dealkylation sites (tertiary alicyclic amines) is 1. The Labute approximate surface area is 142 Å². The van der Waals surface area contributed by atoms with E-state index in [2.05, 4.69) is 5.32 Å². The lowest BCUT2D eigenvalue weighted by molar-refractivity contribution is -0.150. The van der Waals surface area contributed by atoms with Gasteiger partial charge < -0.3 is 10.1 Å². The lowest BCUT2D eigenvalue weighted by atomic mass is 9.82. The highest BCUT2D eigenvalue weighted by Gasteiger charge is 2.51. The van der Waals surface area contributed by atoms with E-state index in [1.165, 1.54) is 4.90 Å².